The topological polar surface area (TPSA) is 54.0 Å². The molecule has 5 nitrogen and oxygen atoms in total. The zero-order chi connectivity index (χ0) is 31.5. The first-order chi connectivity index (χ1) is 21.2. The van der Waals surface area contributed by atoms with E-state index in [2.05, 4.69) is 65.8 Å². The third kappa shape index (κ3) is 9.54. The zero-order valence-electron chi connectivity index (χ0n) is 26.8. The van der Waals surface area contributed by atoms with Gasteiger partial charge in [-0.15, -0.1) is 0 Å². The normalized spacial score (nSPS) is 14.2. The zero-order valence-corrected chi connectivity index (χ0v) is 26.8. The average molecular weight is 595 g/mol. The lowest BCUT2D eigenvalue weighted by molar-refractivity contribution is 0.0145. The molecule has 0 aliphatic carbocycles. The Kier molecular flexibility index (Phi) is 12.2. The van der Waals surface area contributed by atoms with E-state index in [0.717, 1.165) is 11.1 Å². The molecular formula is C39H46O5. The summed E-state index contributed by atoms with van der Waals surface area (Å²) in [6.45, 7) is 14.1. The molecule has 0 spiro atoms. The molecule has 0 N–H and O–H groups in total. The summed E-state index contributed by atoms with van der Waals surface area (Å²) in [6.07, 6.45) is -0.694. The molecule has 0 aliphatic rings. The van der Waals surface area contributed by atoms with Gasteiger partial charge in [-0.2, -0.15) is 0 Å². The van der Waals surface area contributed by atoms with E-state index in [-0.39, 0.29) is 24.0 Å². The molecule has 232 valence electrons. The molecular weight excluding hydrogens is 548 g/mol. The minimum Gasteiger partial charge on any atom is -0.395 e. The van der Waals surface area contributed by atoms with Crippen molar-refractivity contribution in [3.8, 4) is 11.5 Å². The Labute approximate surface area is 263 Å². The van der Waals surface area contributed by atoms with Crippen molar-refractivity contribution >= 4 is 6.16 Å². The van der Waals surface area contributed by atoms with Crippen LogP contribution in [0.1, 0.15) is 87.8 Å². The SMILES string of the molecule is CC(COC(c1ccccc1)C(C)C)c1ccc(OC(=O)Oc2ccc(C(C)COC(c3ccccc3)C(C)C)cc2)cc1. The van der Waals surface area contributed by atoms with Crippen molar-refractivity contribution in [2.75, 3.05) is 13.2 Å². The lowest BCUT2D eigenvalue weighted by Crippen LogP contribution is -2.15. The predicted molar refractivity (Wildman–Crippen MR) is 176 cm³/mol. The standard InChI is InChI=1S/C39H46O5/c1-27(2)37(33-13-9-7-10-14-33)41-25-29(5)31-17-21-35(22-18-31)43-39(40)44-36-23-19-32(20-24-36)30(6)26-42-38(28(3)4)34-15-11-8-12-16-34/h7-24,27-30,37-38H,25-26H2,1-6H3. The first-order valence-corrected chi connectivity index (χ1v) is 15.6. The molecule has 0 aliphatic heterocycles. The van der Waals surface area contributed by atoms with Crippen LogP contribution in [0.15, 0.2) is 109 Å². The van der Waals surface area contributed by atoms with Crippen LogP contribution in [0.4, 0.5) is 4.79 Å². The largest absolute Gasteiger partial charge is 0.519 e. The Bertz CT molecular complexity index is 1290. The van der Waals surface area contributed by atoms with E-state index < -0.39 is 6.16 Å². The third-order valence-electron chi connectivity index (χ3n) is 7.82. The van der Waals surface area contributed by atoms with Gasteiger partial charge in [-0.3, -0.25) is 0 Å². The molecule has 0 saturated heterocycles. The van der Waals surface area contributed by atoms with Crippen LogP contribution in [0.2, 0.25) is 0 Å². The van der Waals surface area contributed by atoms with Gasteiger partial charge in [0.1, 0.15) is 11.5 Å². The van der Waals surface area contributed by atoms with Gasteiger partial charge >= 0.3 is 6.16 Å². The molecule has 44 heavy (non-hydrogen) atoms. The van der Waals surface area contributed by atoms with Crippen LogP contribution in [0.5, 0.6) is 11.5 Å². The number of rotatable bonds is 14. The summed E-state index contributed by atoms with van der Waals surface area (Å²) >= 11 is 0. The van der Waals surface area contributed by atoms with E-state index in [1.54, 1.807) is 24.3 Å². The van der Waals surface area contributed by atoms with Gasteiger partial charge in [0.15, 0.2) is 0 Å². The van der Waals surface area contributed by atoms with Crippen molar-refractivity contribution < 1.29 is 23.7 Å². The molecule has 4 rings (SSSR count). The van der Waals surface area contributed by atoms with Gasteiger partial charge in [0, 0.05) is 11.8 Å². The summed E-state index contributed by atoms with van der Waals surface area (Å²) in [7, 11) is 0. The molecule has 4 aromatic carbocycles. The second-order valence-corrected chi connectivity index (χ2v) is 12.2. The van der Waals surface area contributed by atoms with Crippen LogP contribution < -0.4 is 9.47 Å². The van der Waals surface area contributed by atoms with Crippen LogP contribution in [0, 0.1) is 11.8 Å². The van der Waals surface area contributed by atoms with Crippen molar-refractivity contribution in [3.05, 3.63) is 131 Å². The van der Waals surface area contributed by atoms with Gasteiger partial charge in [-0.1, -0.05) is 126 Å². The van der Waals surface area contributed by atoms with Crippen molar-refractivity contribution in [2.24, 2.45) is 11.8 Å². The molecule has 0 saturated carbocycles. The van der Waals surface area contributed by atoms with Gasteiger partial charge in [0.2, 0.25) is 0 Å². The van der Waals surface area contributed by atoms with Crippen molar-refractivity contribution in [2.45, 2.75) is 65.6 Å². The third-order valence-corrected chi connectivity index (χ3v) is 7.82. The molecule has 4 atom stereocenters. The van der Waals surface area contributed by atoms with Crippen LogP contribution in [0.25, 0.3) is 0 Å². The van der Waals surface area contributed by atoms with E-state index in [1.807, 2.05) is 60.7 Å². The highest BCUT2D eigenvalue weighted by Gasteiger charge is 2.20. The highest BCUT2D eigenvalue weighted by Crippen LogP contribution is 2.30. The van der Waals surface area contributed by atoms with Crippen LogP contribution in [-0.2, 0) is 9.47 Å². The second kappa shape index (κ2) is 16.2. The highest BCUT2D eigenvalue weighted by atomic mass is 16.7. The minimum absolute atomic E-state index is 0.0403. The van der Waals surface area contributed by atoms with Gasteiger partial charge in [-0.25, -0.2) is 4.79 Å². The number of hydrogen-bond donors (Lipinski definition) is 0. The summed E-state index contributed by atoms with van der Waals surface area (Å²) in [5, 5.41) is 0. The molecule has 0 amide bonds. The van der Waals surface area contributed by atoms with Crippen molar-refractivity contribution in [1.29, 1.82) is 0 Å². The van der Waals surface area contributed by atoms with Gasteiger partial charge in [0.25, 0.3) is 0 Å². The fourth-order valence-corrected chi connectivity index (χ4v) is 5.26. The summed E-state index contributed by atoms with van der Waals surface area (Å²) in [6, 6.07) is 35.7. The molecule has 4 aromatic rings. The molecule has 0 aromatic heterocycles. The fourth-order valence-electron chi connectivity index (χ4n) is 5.26. The van der Waals surface area contributed by atoms with Gasteiger partial charge in [-0.05, 0) is 58.4 Å². The first kappa shape index (κ1) is 33.0. The monoisotopic (exact) mass is 594 g/mol. The molecule has 5 heteroatoms. The Morgan fingerprint density at radius 1 is 0.477 bits per heavy atom. The Morgan fingerprint density at radius 3 is 1.14 bits per heavy atom. The molecule has 0 fully saturated rings. The number of hydrogen-bond acceptors (Lipinski definition) is 5. The van der Waals surface area contributed by atoms with E-state index in [1.165, 1.54) is 11.1 Å². The van der Waals surface area contributed by atoms with Gasteiger partial charge in [0.05, 0.1) is 25.4 Å². The van der Waals surface area contributed by atoms with E-state index in [0.29, 0.717) is 36.5 Å². The Hall–Kier alpha value is -3.93. The first-order valence-electron chi connectivity index (χ1n) is 15.6. The van der Waals surface area contributed by atoms with E-state index in [4.69, 9.17) is 18.9 Å². The molecule has 0 radical (unpaired) electrons. The summed E-state index contributed by atoms with van der Waals surface area (Å²) in [4.78, 5) is 12.5. The smallest absolute Gasteiger partial charge is 0.395 e. The van der Waals surface area contributed by atoms with Crippen molar-refractivity contribution in [1.82, 2.24) is 0 Å². The summed E-state index contributed by atoms with van der Waals surface area (Å²) in [5.41, 5.74) is 4.60. The quantitative estimate of drug-likeness (QED) is 0.107. The fraction of sp³-hybridized carbons (Fsp3) is 0.359. The lowest BCUT2D eigenvalue weighted by Gasteiger charge is -2.24. The number of benzene rings is 4. The maximum Gasteiger partial charge on any atom is 0.519 e. The minimum atomic E-state index is -0.775. The van der Waals surface area contributed by atoms with Crippen molar-refractivity contribution in [3.63, 3.8) is 0 Å². The lowest BCUT2D eigenvalue weighted by atomic mass is 9.98. The predicted octanol–water partition coefficient (Wildman–Crippen LogP) is 10.3. The van der Waals surface area contributed by atoms with E-state index >= 15 is 0 Å². The maximum absolute atomic E-state index is 12.5. The van der Waals surface area contributed by atoms with Crippen LogP contribution >= 0.6 is 0 Å². The molecule has 0 heterocycles. The van der Waals surface area contributed by atoms with E-state index in [9.17, 15) is 4.79 Å². The highest BCUT2D eigenvalue weighted by molar-refractivity contribution is 5.67. The van der Waals surface area contributed by atoms with Crippen LogP contribution in [0.3, 0.4) is 0 Å². The number of carbonyl (C=O) groups excluding carboxylic acids is 1. The molecule has 0 bridgehead atoms. The number of ether oxygens (including phenoxy) is 4. The summed E-state index contributed by atoms with van der Waals surface area (Å²) < 4.78 is 23.5. The Morgan fingerprint density at radius 2 is 0.818 bits per heavy atom. The Balaban J connectivity index is 1.24. The maximum atomic E-state index is 12.5. The van der Waals surface area contributed by atoms with Crippen LogP contribution in [-0.4, -0.2) is 19.4 Å². The average Bonchev–Trinajstić information content (AvgIpc) is 3.02. The second-order valence-electron chi connectivity index (χ2n) is 12.2. The molecule has 4 unspecified atom stereocenters. The van der Waals surface area contributed by atoms with Gasteiger partial charge < -0.3 is 18.9 Å². The summed E-state index contributed by atoms with van der Waals surface area (Å²) in [5.74, 6) is 1.95. The number of carbonyl (C=O) groups is 1.